The van der Waals surface area contributed by atoms with Crippen LogP contribution in [0.1, 0.15) is 11.4 Å². The molecule has 0 radical (unpaired) electrons. The van der Waals surface area contributed by atoms with Gasteiger partial charge in [-0.05, 0) is 18.9 Å². The van der Waals surface area contributed by atoms with Crippen molar-refractivity contribution in [3.05, 3.63) is 16.3 Å². The molecule has 4 heterocycles. The first-order chi connectivity index (χ1) is 11.5. The van der Waals surface area contributed by atoms with Gasteiger partial charge in [0, 0.05) is 18.2 Å². The third-order valence-electron chi connectivity index (χ3n) is 4.70. The molecular weight excluding hydrogens is 375 g/mol. The van der Waals surface area contributed by atoms with E-state index in [4.69, 9.17) is 0 Å². The number of carbonyl (C=O) groups excluding carboxylic acids is 2. The average molecular weight is 390 g/mol. The second-order valence-electron chi connectivity index (χ2n) is 6.04. The van der Waals surface area contributed by atoms with Crippen molar-refractivity contribution in [2.45, 2.75) is 29.8 Å². The average Bonchev–Trinajstić information content (AvgIpc) is 3.12. The monoisotopic (exact) mass is 390 g/mol. The summed E-state index contributed by atoms with van der Waals surface area (Å²) in [6, 6.07) is -0.673. The number of amides is 2. The summed E-state index contributed by atoms with van der Waals surface area (Å²) in [4.78, 5) is 38.1. The molecule has 8 nitrogen and oxygen atoms in total. The van der Waals surface area contributed by atoms with Gasteiger partial charge >= 0.3 is 35.5 Å². The summed E-state index contributed by atoms with van der Waals surface area (Å²) >= 11 is 2.89. The van der Waals surface area contributed by atoms with Crippen LogP contribution in [-0.4, -0.2) is 97.3 Å². The number of β-lactam (4-membered cyclic amide) rings is 1. The quantitative estimate of drug-likeness (QED) is 0.319. The molecule has 1 N–H and O–H groups in total. The van der Waals surface area contributed by atoms with Crippen LogP contribution in [0.3, 0.4) is 0 Å². The Morgan fingerprint density at radius 1 is 1.48 bits per heavy atom. The number of hydrogen-bond acceptors (Lipinski definition) is 7. The molecular formula is C14H15N4NaO4S2. The summed E-state index contributed by atoms with van der Waals surface area (Å²) in [5.41, 5.74) is 0.806. The van der Waals surface area contributed by atoms with Gasteiger partial charge < -0.3 is 10.0 Å². The molecule has 11 heteroatoms. The van der Waals surface area contributed by atoms with E-state index in [2.05, 4.69) is 10.2 Å². The van der Waals surface area contributed by atoms with Gasteiger partial charge in [-0.3, -0.25) is 14.5 Å². The molecule has 0 aromatic carbocycles. The Bertz CT molecular complexity index is 783. The zero-order chi connectivity index (χ0) is 17.0. The molecule has 1 aromatic rings. The molecule has 0 spiro atoms. The van der Waals surface area contributed by atoms with Crippen molar-refractivity contribution >= 4 is 70.9 Å². The predicted octanol–water partition coefficient (Wildman–Crippen LogP) is -0.300. The molecule has 1 aromatic heterocycles. The first-order valence-electron chi connectivity index (χ1n) is 7.43. The van der Waals surface area contributed by atoms with Gasteiger partial charge in [-0.15, -0.1) is 10.2 Å². The van der Waals surface area contributed by atoms with Crippen LogP contribution in [0.15, 0.2) is 15.6 Å². The Morgan fingerprint density at radius 2 is 2.24 bits per heavy atom. The van der Waals surface area contributed by atoms with Gasteiger partial charge in [-0.2, -0.15) is 0 Å². The molecule has 3 atom stereocenters. The Kier molecular flexibility index (Phi) is 5.27. The van der Waals surface area contributed by atoms with Crippen LogP contribution in [0.2, 0.25) is 0 Å². The summed E-state index contributed by atoms with van der Waals surface area (Å²) in [7, 11) is 0. The van der Waals surface area contributed by atoms with Crippen molar-refractivity contribution in [3.63, 3.8) is 0 Å². The van der Waals surface area contributed by atoms with Gasteiger partial charge in [-0.25, -0.2) is 4.79 Å². The van der Waals surface area contributed by atoms with Gasteiger partial charge in [0.2, 0.25) is 6.41 Å². The van der Waals surface area contributed by atoms with Crippen LogP contribution < -0.4 is 0 Å². The first kappa shape index (κ1) is 18.8. The van der Waals surface area contributed by atoms with Gasteiger partial charge in [0.15, 0.2) is 4.34 Å². The fourth-order valence-electron chi connectivity index (χ4n) is 3.80. The standard InChI is InChI=1S/C14H14N4O4S2.Na.H/c1-6-15-16-14(24-6)23-4-8-2-7-3-17(5-19)11-9(7)18(12(11)20)10(8)13(21)22;;/h5,7,9,11H,2-4H2,1H3,(H,21,22);;/t7-,9-,11+;;/m1../s1. The molecule has 4 rings (SSSR count). The van der Waals surface area contributed by atoms with Crippen LogP contribution in [0, 0.1) is 12.8 Å². The van der Waals surface area contributed by atoms with Gasteiger partial charge in [0.05, 0.1) is 6.04 Å². The van der Waals surface area contributed by atoms with Crippen LogP contribution in [0.4, 0.5) is 0 Å². The fraction of sp³-hybridized carbons (Fsp3) is 0.500. The summed E-state index contributed by atoms with van der Waals surface area (Å²) < 4.78 is 0.778. The molecule has 25 heavy (non-hydrogen) atoms. The number of thioether (sulfide) groups is 1. The molecule has 3 aliphatic heterocycles. The molecule has 2 fully saturated rings. The number of hydrogen-bond donors (Lipinski definition) is 1. The van der Waals surface area contributed by atoms with Crippen molar-refractivity contribution in [1.29, 1.82) is 0 Å². The maximum absolute atomic E-state index is 12.4. The van der Waals surface area contributed by atoms with Crippen LogP contribution >= 0.6 is 23.1 Å². The maximum atomic E-state index is 12.4. The third kappa shape index (κ3) is 2.93. The van der Waals surface area contributed by atoms with Gasteiger partial charge in [0.25, 0.3) is 5.91 Å². The molecule has 0 unspecified atom stereocenters. The second kappa shape index (κ2) is 6.99. The topological polar surface area (TPSA) is 104 Å². The van der Waals surface area contributed by atoms with Crippen molar-refractivity contribution in [2.24, 2.45) is 5.92 Å². The van der Waals surface area contributed by atoms with Crippen LogP contribution in [0.5, 0.6) is 0 Å². The zero-order valence-corrected chi connectivity index (χ0v) is 14.3. The van der Waals surface area contributed by atoms with E-state index in [0.717, 1.165) is 14.9 Å². The molecule has 2 amide bonds. The molecule has 2 saturated heterocycles. The predicted molar refractivity (Wildman–Crippen MR) is 92.5 cm³/mol. The van der Waals surface area contributed by atoms with E-state index in [9.17, 15) is 19.5 Å². The Labute approximate surface area is 173 Å². The molecule has 128 valence electrons. The van der Waals surface area contributed by atoms with Gasteiger partial charge in [0.1, 0.15) is 16.7 Å². The summed E-state index contributed by atoms with van der Waals surface area (Å²) in [6.45, 7) is 2.36. The zero-order valence-electron chi connectivity index (χ0n) is 12.7. The third-order valence-corrected chi connectivity index (χ3v) is 6.76. The summed E-state index contributed by atoms with van der Waals surface area (Å²) in [5.74, 6) is -0.822. The van der Waals surface area contributed by atoms with Crippen molar-refractivity contribution in [3.8, 4) is 0 Å². The van der Waals surface area contributed by atoms with E-state index in [1.807, 2.05) is 6.92 Å². The molecule has 0 aliphatic carbocycles. The number of aliphatic carboxylic acids is 1. The number of nitrogens with zero attached hydrogens (tertiary/aromatic N) is 4. The Balaban J connectivity index is 0.00000182. The Morgan fingerprint density at radius 3 is 2.84 bits per heavy atom. The van der Waals surface area contributed by atoms with E-state index in [-0.39, 0.29) is 53.1 Å². The minimum atomic E-state index is -1.09. The van der Waals surface area contributed by atoms with Crippen LogP contribution in [0.25, 0.3) is 0 Å². The van der Waals surface area contributed by atoms with Crippen molar-refractivity contribution in [1.82, 2.24) is 20.0 Å². The van der Waals surface area contributed by atoms with Crippen molar-refractivity contribution in [2.75, 3.05) is 12.3 Å². The van der Waals surface area contributed by atoms with E-state index in [0.29, 0.717) is 25.1 Å². The Hall–Kier alpha value is -0.940. The minimum absolute atomic E-state index is 0. The number of aryl methyl sites for hydroxylation is 1. The number of carboxylic acids is 1. The first-order valence-corrected chi connectivity index (χ1v) is 9.23. The van der Waals surface area contributed by atoms with Gasteiger partial charge in [-0.1, -0.05) is 23.1 Å². The SMILES string of the molecule is Cc1nnc(SCC2=C(C(=O)O)N3C(=O)[C@@H]4[C@H]3[C@H](C2)CN4C=O)s1.[NaH]. The van der Waals surface area contributed by atoms with E-state index >= 15 is 0 Å². The number of rotatable bonds is 5. The molecule has 3 aliphatic rings. The fourth-order valence-corrected chi connectivity index (χ4v) is 5.64. The van der Waals surface area contributed by atoms with E-state index in [1.165, 1.54) is 32.9 Å². The van der Waals surface area contributed by atoms with E-state index in [1.54, 1.807) is 0 Å². The van der Waals surface area contributed by atoms with Crippen LogP contribution in [-0.2, 0) is 14.4 Å². The van der Waals surface area contributed by atoms with Crippen molar-refractivity contribution < 1.29 is 19.5 Å². The second-order valence-corrected chi connectivity index (χ2v) is 8.45. The molecule has 0 bridgehead atoms. The molecule has 0 saturated carbocycles. The summed E-state index contributed by atoms with van der Waals surface area (Å²) in [5, 5.41) is 18.4. The number of carboxylic acid groups (broad SMARTS) is 1. The normalized spacial score (nSPS) is 26.9. The number of carbonyl (C=O) groups is 3. The number of likely N-dealkylation sites (tertiary alicyclic amines) is 1. The number of aromatic nitrogens is 2. The van der Waals surface area contributed by atoms with E-state index < -0.39 is 12.0 Å². The summed E-state index contributed by atoms with van der Waals surface area (Å²) in [6.07, 6.45) is 1.28.